The standard InChI is InChI=1S/C17H32N2O/c20-17(8-2-1-3-9-17)15-19-12-6-16(7-13-19)14-18-10-4-5-11-18/h16,20H,1-15H2. The summed E-state index contributed by atoms with van der Waals surface area (Å²) in [5.41, 5.74) is -0.361. The molecule has 0 atom stereocenters. The molecule has 0 radical (unpaired) electrons. The van der Waals surface area contributed by atoms with E-state index >= 15 is 0 Å². The maximum Gasteiger partial charge on any atom is 0.0774 e. The average Bonchev–Trinajstić information content (AvgIpc) is 2.94. The molecule has 2 heterocycles. The second kappa shape index (κ2) is 6.76. The molecule has 3 nitrogen and oxygen atoms in total. The first-order valence-electron chi connectivity index (χ1n) is 8.91. The molecule has 0 aromatic heterocycles. The maximum absolute atomic E-state index is 10.7. The summed E-state index contributed by atoms with van der Waals surface area (Å²) in [6.07, 6.45) is 11.3. The normalized spacial score (nSPS) is 29.9. The highest BCUT2D eigenvalue weighted by molar-refractivity contribution is 4.87. The van der Waals surface area contributed by atoms with Crippen LogP contribution in [-0.4, -0.2) is 59.8 Å². The van der Waals surface area contributed by atoms with Crippen LogP contribution in [0.2, 0.25) is 0 Å². The molecule has 0 bridgehead atoms. The van der Waals surface area contributed by atoms with Gasteiger partial charge in [0.1, 0.15) is 0 Å². The van der Waals surface area contributed by atoms with Gasteiger partial charge >= 0.3 is 0 Å². The van der Waals surface area contributed by atoms with E-state index in [0.717, 1.165) is 25.3 Å². The Morgan fingerprint density at radius 2 is 1.45 bits per heavy atom. The van der Waals surface area contributed by atoms with E-state index in [0.29, 0.717) is 0 Å². The van der Waals surface area contributed by atoms with E-state index in [4.69, 9.17) is 0 Å². The number of rotatable bonds is 4. The van der Waals surface area contributed by atoms with Crippen LogP contribution in [0.25, 0.3) is 0 Å². The number of nitrogens with zero attached hydrogens (tertiary/aromatic N) is 2. The van der Waals surface area contributed by atoms with Gasteiger partial charge in [0.15, 0.2) is 0 Å². The van der Waals surface area contributed by atoms with Crippen molar-refractivity contribution in [2.75, 3.05) is 39.3 Å². The molecule has 116 valence electrons. The minimum absolute atomic E-state index is 0.361. The van der Waals surface area contributed by atoms with Crippen LogP contribution in [0.3, 0.4) is 0 Å². The molecule has 2 aliphatic heterocycles. The van der Waals surface area contributed by atoms with Crippen molar-refractivity contribution in [2.24, 2.45) is 5.92 Å². The number of β-amino-alcohol motifs (C(OH)–C–C–N with tert-alkyl or cyclic N) is 1. The summed E-state index contributed by atoms with van der Waals surface area (Å²) in [7, 11) is 0. The van der Waals surface area contributed by atoms with E-state index in [1.807, 2.05) is 0 Å². The minimum Gasteiger partial charge on any atom is -0.389 e. The van der Waals surface area contributed by atoms with E-state index in [-0.39, 0.29) is 5.60 Å². The van der Waals surface area contributed by atoms with Crippen molar-refractivity contribution in [3.63, 3.8) is 0 Å². The highest BCUT2D eigenvalue weighted by Crippen LogP contribution is 2.30. The summed E-state index contributed by atoms with van der Waals surface area (Å²) in [6.45, 7) is 7.35. The van der Waals surface area contributed by atoms with E-state index in [9.17, 15) is 5.11 Å². The lowest BCUT2D eigenvalue weighted by molar-refractivity contribution is -0.0334. The number of hydrogen-bond acceptors (Lipinski definition) is 3. The van der Waals surface area contributed by atoms with Gasteiger partial charge in [-0.1, -0.05) is 19.3 Å². The van der Waals surface area contributed by atoms with Gasteiger partial charge in [0.2, 0.25) is 0 Å². The Balaban J connectivity index is 1.39. The zero-order valence-electron chi connectivity index (χ0n) is 13.0. The Bertz CT molecular complexity index is 287. The molecular weight excluding hydrogens is 248 g/mol. The van der Waals surface area contributed by atoms with Crippen LogP contribution in [0, 0.1) is 5.92 Å². The minimum atomic E-state index is -0.361. The number of hydrogen-bond donors (Lipinski definition) is 1. The number of aliphatic hydroxyl groups is 1. The van der Waals surface area contributed by atoms with Gasteiger partial charge in [-0.15, -0.1) is 0 Å². The Kier molecular flexibility index (Phi) is 5.00. The summed E-state index contributed by atoms with van der Waals surface area (Å²) in [5.74, 6) is 0.908. The molecule has 1 N–H and O–H groups in total. The lowest BCUT2D eigenvalue weighted by atomic mass is 9.84. The van der Waals surface area contributed by atoms with Crippen molar-refractivity contribution >= 4 is 0 Å². The van der Waals surface area contributed by atoms with Gasteiger partial charge < -0.3 is 14.9 Å². The van der Waals surface area contributed by atoms with Crippen molar-refractivity contribution in [3.05, 3.63) is 0 Å². The summed E-state index contributed by atoms with van der Waals surface area (Å²) in [4.78, 5) is 5.20. The van der Waals surface area contributed by atoms with Crippen molar-refractivity contribution < 1.29 is 5.11 Å². The molecular formula is C17H32N2O. The van der Waals surface area contributed by atoms with Crippen LogP contribution in [-0.2, 0) is 0 Å². The Hall–Kier alpha value is -0.120. The van der Waals surface area contributed by atoms with Crippen LogP contribution in [0.1, 0.15) is 57.8 Å². The molecule has 0 unspecified atom stereocenters. The quantitative estimate of drug-likeness (QED) is 0.857. The van der Waals surface area contributed by atoms with Crippen LogP contribution in [0.5, 0.6) is 0 Å². The molecule has 1 aliphatic carbocycles. The molecule has 0 spiro atoms. The molecule has 3 aliphatic rings. The summed E-state index contributed by atoms with van der Waals surface area (Å²) in [6, 6.07) is 0. The van der Waals surface area contributed by atoms with Crippen LogP contribution in [0.4, 0.5) is 0 Å². The molecule has 3 fully saturated rings. The fraction of sp³-hybridized carbons (Fsp3) is 1.00. The predicted molar refractivity (Wildman–Crippen MR) is 82.9 cm³/mol. The van der Waals surface area contributed by atoms with Crippen molar-refractivity contribution in [1.29, 1.82) is 0 Å². The summed E-state index contributed by atoms with van der Waals surface area (Å²) in [5, 5.41) is 10.7. The average molecular weight is 280 g/mol. The van der Waals surface area contributed by atoms with Gasteiger partial charge in [-0.2, -0.15) is 0 Å². The Morgan fingerprint density at radius 1 is 0.800 bits per heavy atom. The highest BCUT2D eigenvalue weighted by atomic mass is 16.3. The van der Waals surface area contributed by atoms with Crippen molar-refractivity contribution in [2.45, 2.75) is 63.4 Å². The van der Waals surface area contributed by atoms with Gasteiger partial charge in [-0.25, -0.2) is 0 Å². The van der Waals surface area contributed by atoms with Crippen LogP contribution >= 0.6 is 0 Å². The van der Waals surface area contributed by atoms with E-state index in [1.54, 1.807) is 0 Å². The van der Waals surface area contributed by atoms with Crippen molar-refractivity contribution in [1.82, 2.24) is 9.80 Å². The van der Waals surface area contributed by atoms with E-state index in [1.165, 1.54) is 77.7 Å². The van der Waals surface area contributed by atoms with Crippen LogP contribution in [0.15, 0.2) is 0 Å². The zero-order chi connectivity index (χ0) is 13.8. The predicted octanol–water partition coefficient (Wildman–Crippen LogP) is 2.49. The second-order valence-electron chi connectivity index (χ2n) is 7.51. The monoisotopic (exact) mass is 280 g/mol. The molecule has 20 heavy (non-hydrogen) atoms. The van der Waals surface area contributed by atoms with Gasteiger partial charge in [-0.05, 0) is 70.6 Å². The van der Waals surface area contributed by atoms with Gasteiger partial charge in [0.05, 0.1) is 5.60 Å². The van der Waals surface area contributed by atoms with Crippen LogP contribution < -0.4 is 0 Å². The zero-order valence-corrected chi connectivity index (χ0v) is 13.0. The maximum atomic E-state index is 10.7. The lowest BCUT2D eigenvalue weighted by Crippen LogP contribution is -2.47. The van der Waals surface area contributed by atoms with Gasteiger partial charge in [-0.3, -0.25) is 0 Å². The Morgan fingerprint density at radius 3 is 2.10 bits per heavy atom. The summed E-state index contributed by atoms with van der Waals surface area (Å²) < 4.78 is 0. The fourth-order valence-electron chi connectivity index (χ4n) is 4.44. The molecule has 3 heteroatoms. The first kappa shape index (κ1) is 14.8. The fourth-order valence-corrected chi connectivity index (χ4v) is 4.44. The number of piperidine rings is 1. The largest absolute Gasteiger partial charge is 0.389 e. The van der Waals surface area contributed by atoms with Gasteiger partial charge in [0.25, 0.3) is 0 Å². The second-order valence-corrected chi connectivity index (χ2v) is 7.51. The van der Waals surface area contributed by atoms with E-state index in [2.05, 4.69) is 9.80 Å². The smallest absolute Gasteiger partial charge is 0.0774 e. The molecule has 1 saturated carbocycles. The summed E-state index contributed by atoms with van der Waals surface area (Å²) >= 11 is 0. The topological polar surface area (TPSA) is 26.7 Å². The van der Waals surface area contributed by atoms with E-state index < -0.39 is 0 Å². The molecule has 0 aromatic carbocycles. The number of likely N-dealkylation sites (tertiary alicyclic amines) is 2. The lowest BCUT2D eigenvalue weighted by Gasteiger charge is -2.40. The molecule has 3 rings (SSSR count). The molecule has 0 amide bonds. The third-order valence-corrected chi connectivity index (χ3v) is 5.72. The first-order valence-corrected chi connectivity index (χ1v) is 8.91. The SMILES string of the molecule is OC1(CN2CCC(CN3CCCC3)CC2)CCCCC1. The first-order chi connectivity index (χ1) is 9.73. The Labute approximate surface area is 124 Å². The highest BCUT2D eigenvalue weighted by Gasteiger charge is 2.33. The third-order valence-electron chi connectivity index (χ3n) is 5.72. The third kappa shape index (κ3) is 3.96. The van der Waals surface area contributed by atoms with Crippen molar-refractivity contribution in [3.8, 4) is 0 Å². The van der Waals surface area contributed by atoms with Gasteiger partial charge in [0, 0.05) is 13.1 Å². The molecule has 0 aromatic rings. The molecule has 2 saturated heterocycles.